The van der Waals surface area contributed by atoms with Gasteiger partial charge in [0, 0.05) is 18.7 Å². The number of amides is 1. The van der Waals surface area contributed by atoms with E-state index in [1.807, 2.05) is 20.8 Å². The molecule has 0 radical (unpaired) electrons. The van der Waals surface area contributed by atoms with Crippen LogP contribution in [-0.2, 0) is 14.3 Å². The van der Waals surface area contributed by atoms with Gasteiger partial charge in [0.15, 0.2) is 0 Å². The van der Waals surface area contributed by atoms with Gasteiger partial charge in [-0.2, -0.15) is 0 Å². The minimum atomic E-state index is -0.520. The Morgan fingerprint density at radius 3 is 2.40 bits per heavy atom. The summed E-state index contributed by atoms with van der Waals surface area (Å²) in [5.74, 6) is -0.0837. The van der Waals surface area contributed by atoms with Gasteiger partial charge in [-0.05, 0) is 38.7 Å². The van der Waals surface area contributed by atoms with Gasteiger partial charge < -0.3 is 14.4 Å². The maximum Gasteiger partial charge on any atom is 0.410 e. The maximum atomic E-state index is 12.2. The Balaban J connectivity index is 2.85. The summed E-state index contributed by atoms with van der Waals surface area (Å²) in [5.41, 5.74) is 0.384. The van der Waals surface area contributed by atoms with Gasteiger partial charge in [0.25, 0.3) is 0 Å². The molecule has 1 atom stereocenters. The second-order valence-corrected chi connectivity index (χ2v) is 6.45. The molecule has 0 spiro atoms. The molecule has 114 valence electrons. The second-order valence-electron chi connectivity index (χ2n) is 6.45. The number of ether oxygens (including phenoxy) is 2. The van der Waals surface area contributed by atoms with Gasteiger partial charge >= 0.3 is 12.1 Å². The van der Waals surface area contributed by atoms with E-state index in [2.05, 4.69) is 18.6 Å². The van der Waals surface area contributed by atoms with Gasteiger partial charge in [-0.3, -0.25) is 0 Å². The lowest BCUT2D eigenvalue weighted by Crippen LogP contribution is -2.41. The quantitative estimate of drug-likeness (QED) is 0.577. The Bertz CT molecular complexity index is 407. The number of methoxy groups -OCH3 is 1. The van der Waals surface area contributed by atoms with Gasteiger partial charge in [0.2, 0.25) is 0 Å². The van der Waals surface area contributed by atoms with E-state index in [1.54, 1.807) is 4.90 Å². The summed E-state index contributed by atoms with van der Waals surface area (Å²) in [6.07, 6.45) is 1.83. The first-order valence-corrected chi connectivity index (χ1v) is 6.91. The lowest BCUT2D eigenvalue weighted by molar-refractivity contribution is -0.134. The third kappa shape index (κ3) is 4.54. The highest BCUT2D eigenvalue weighted by Gasteiger charge is 2.36. The standard InChI is InChI=1S/C15H25NO4/c1-10(2)12-7-11(8-13(17)19-6)9-16(12)14(18)20-15(3,4)5/h8,10,12H,7,9H2,1-6H3/b11-8-. The van der Waals surface area contributed by atoms with E-state index in [1.165, 1.54) is 13.2 Å². The number of likely N-dealkylation sites (tertiary alicyclic amines) is 1. The zero-order chi connectivity index (χ0) is 15.5. The van der Waals surface area contributed by atoms with E-state index in [9.17, 15) is 9.59 Å². The van der Waals surface area contributed by atoms with Crippen LogP contribution in [-0.4, -0.2) is 42.3 Å². The summed E-state index contributed by atoms with van der Waals surface area (Å²) in [5, 5.41) is 0. The lowest BCUT2D eigenvalue weighted by atomic mass is 10.0. The molecular formula is C15H25NO4. The number of esters is 1. The first-order valence-electron chi connectivity index (χ1n) is 6.91. The molecule has 0 N–H and O–H groups in total. The van der Waals surface area contributed by atoms with Crippen LogP contribution in [0.5, 0.6) is 0 Å². The van der Waals surface area contributed by atoms with Crippen molar-refractivity contribution in [2.75, 3.05) is 13.7 Å². The van der Waals surface area contributed by atoms with E-state index in [0.29, 0.717) is 18.9 Å². The highest BCUT2D eigenvalue weighted by atomic mass is 16.6. The Morgan fingerprint density at radius 1 is 1.35 bits per heavy atom. The Kier molecular flexibility index (Phi) is 5.20. The molecule has 1 aliphatic heterocycles. The molecule has 1 fully saturated rings. The summed E-state index contributed by atoms with van der Waals surface area (Å²) in [7, 11) is 1.35. The van der Waals surface area contributed by atoms with Crippen LogP contribution in [0.2, 0.25) is 0 Å². The third-order valence-electron chi connectivity index (χ3n) is 3.17. The monoisotopic (exact) mass is 283 g/mol. The first-order chi connectivity index (χ1) is 9.14. The molecule has 1 amide bonds. The molecular weight excluding hydrogens is 258 g/mol. The van der Waals surface area contributed by atoms with Crippen molar-refractivity contribution < 1.29 is 19.1 Å². The number of hydrogen-bond donors (Lipinski definition) is 0. The van der Waals surface area contributed by atoms with E-state index in [0.717, 1.165) is 5.57 Å². The normalized spacial score (nSPS) is 21.4. The van der Waals surface area contributed by atoms with Crippen LogP contribution in [0.1, 0.15) is 41.0 Å². The molecule has 0 aliphatic carbocycles. The minimum Gasteiger partial charge on any atom is -0.466 e. The van der Waals surface area contributed by atoms with Crippen LogP contribution in [0.15, 0.2) is 11.6 Å². The van der Waals surface area contributed by atoms with E-state index < -0.39 is 5.60 Å². The molecule has 0 saturated carbocycles. The van der Waals surface area contributed by atoms with E-state index in [4.69, 9.17) is 4.74 Å². The number of nitrogens with zero attached hydrogens (tertiary/aromatic N) is 1. The fraction of sp³-hybridized carbons (Fsp3) is 0.733. The second kappa shape index (κ2) is 6.29. The van der Waals surface area contributed by atoms with Crippen molar-refractivity contribution in [2.45, 2.75) is 52.7 Å². The van der Waals surface area contributed by atoms with Gasteiger partial charge in [0.05, 0.1) is 7.11 Å². The SMILES string of the molecule is COC(=O)/C=C1/CC(C(C)C)N(C(=O)OC(C)(C)C)C1. The van der Waals surface area contributed by atoms with Crippen LogP contribution in [0, 0.1) is 5.92 Å². The molecule has 20 heavy (non-hydrogen) atoms. The van der Waals surface area contributed by atoms with Gasteiger partial charge in [-0.25, -0.2) is 9.59 Å². The Morgan fingerprint density at radius 2 is 1.95 bits per heavy atom. The Hall–Kier alpha value is -1.52. The number of carbonyl (C=O) groups excluding carboxylic acids is 2. The highest BCUT2D eigenvalue weighted by molar-refractivity contribution is 5.83. The fourth-order valence-corrected chi connectivity index (χ4v) is 2.23. The van der Waals surface area contributed by atoms with Crippen molar-refractivity contribution >= 4 is 12.1 Å². The molecule has 1 unspecified atom stereocenters. The molecule has 0 aromatic rings. The fourth-order valence-electron chi connectivity index (χ4n) is 2.23. The van der Waals surface area contributed by atoms with Crippen LogP contribution < -0.4 is 0 Å². The smallest absolute Gasteiger partial charge is 0.410 e. The zero-order valence-electron chi connectivity index (χ0n) is 13.2. The zero-order valence-corrected chi connectivity index (χ0v) is 13.2. The topological polar surface area (TPSA) is 55.8 Å². The molecule has 5 heteroatoms. The maximum absolute atomic E-state index is 12.2. The summed E-state index contributed by atoms with van der Waals surface area (Å²) in [6, 6.07) is 0.0563. The van der Waals surface area contributed by atoms with E-state index in [-0.39, 0.29) is 18.1 Å². The molecule has 5 nitrogen and oxygen atoms in total. The number of rotatable bonds is 2. The average Bonchev–Trinajstić information content (AvgIpc) is 2.70. The molecule has 0 aromatic carbocycles. The Labute approximate surface area is 120 Å². The summed E-state index contributed by atoms with van der Waals surface area (Å²) in [6.45, 7) is 10.1. The largest absolute Gasteiger partial charge is 0.466 e. The molecule has 1 aliphatic rings. The first kappa shape index (κ1) is 16.5. The summed E-state index contributed by atoms with van der Waals surface area (Å²) >= 11 is 0. The van der Waals surface area contributed by atoms with E-state index >= 15 is 0 Å². The van der Waals surface area contributed by atoms with Crippen molar-refractivity contribution in [3.8, 4) is 0 Å². The van der Waals surface area contributed by atoms with Crippen molar-refractivity contribution in [1.82, 2.24) is 4.90 Å². The van der Waals surface area contributed by atoms with Crippen molar-refractivity contribution in [3.05, 3.63) is 11.6 Å². The predicted molar refractivity (Wildman–Crippen MR) is 76.3 cm³/mol. The average molecular weight is 283 g/mol. The minimum absolute atomic E-state index is 0.0563. The predicted octanol–water partition coefficient (Wildman–Crippen LogP) is 2.75. The number of carbonyl (C=O) groups is 2. The van der Waals surface area contributed by atoms with Gasteiger partial charge in [-0.1, -0.05) is 13.8 Å². The van der Waals surface area contributed by atoms with Crippen molar-refractivity contribution in [1.29, 1.82) is 0 Å². The lowest BCUT2D eigenvalue weighted by Gasteiger charge is -2.30. The molecule has 1 saturated heterocycles. The van der Waals surface area contributed by atoms with Crippen molar-refractivity contribution in [2.24, 2.45) is 5.92 Å². The summed E-state index contributed by atoms with van der Waals surface area (Å²) in [4.78, 5) is 25.3. The molecule has 0 aromatic heterocycles. The molecule has 0 bridgehead atoms. The van der Waals surface area contributed by atoms with Gasteiger partial charge in [-0.15, -0.1) is 0 Å². The van der Waals surface area contributed by atoms with Gasteiger partial charge in [0.1, 0.15) is 5.60 Å². The van der Waals surface area contributed by atoms with Crippen molar-refractivity contribution in [3.63, 3.8) is 0 Å². The highest BCUT2D eigenvalue weighted by Crippen LogP contribution is 2.29. The summed E-state index contributed by atoms with van der Waals surface area (Å²) < 4.78 is 10.1. The third-order valence-corrected chi connectivity index (χ3v) is 3.17. The molecule has 1 rings (SSSR count). The molecule has 1 heterocycles. The van der Waals surface area contributed by atoms with Crippen LogP contribution >= 0.6 is 0 Å². The van der Waals surface area contributed by atoms with Crippen LogP contribution in [0.4, 0.5) is 4.79 Å². The van der Waals surface area contributed by atoms with Crippen LogP contribution in [0.25, 0.3) is 0 Å². The number of hydrogen-bond acceptors (Lipinski definition) is 4. The van der Waals surface area contributed by atoms with Crippen LogP contribution in [0.3, 0.4) is 0 Å².